The Morgan fingerprint density at radius 3 is 2.54 bits per heavy atom. The van der Waals surface area contributed by atoms with Gasteiger partial charge in [-0.3, -0.25) is 4.79 Å². The van der Waals surface area contributed by atoms with E-state index in [9.17, 15) is 4.79 Å². The number of ether oxygens (including phenoxy) is 3. The lowest BCUT2D eigenvalue weighted by molar-refractivity contribution is 0.0955. The molecule has 0 heterocycles. The molecule has 1 amide bonds. The minimum absolute atomic E-state index is 0.0748. The fourth-order valence-corrected chi connectivity index (χ4v) is 2.55. The second kappa shape index (κ2) is 10.9. The summed E-state index contributed by atoms with van der Waals surface area (Å²) in [7, 11) is 0. The Hall–Kier alpha value is -3.17. The van der Waals surface area contributed by atoms with Crippen molar-refractivity contribution in [2.75, 3.05) is 19.8 Å². The van der Waals surface area contributed by atoms with Crippen molar-refractivity contribution in [2.24, 2.45) is 5.10 Å². The van der Waals surface area contributed by atoms with Crippen molar-refractivity contribution in [3.8, 4) is 29.6 Å². The van der Waals surface area contributed by atoms with Crippen LogP contribution in [0.25, 0.3) is 0 Å². The van der Waals surface area contributed by atoms with Crippen LogP contribution in [0.3, 0.4) is 0 Å². The summed E-state index contributed by atoms with van der Waals surface area (Å²) in [6.07, 6.45) is 6.68. The molecule has 28 heavy (non-hydrogen) atoms. The summed E-state index contributed by atoms with van der Waals surface area (Å²) in [4.78, 5) is 12.2. The Balaban J connectivity index is 2.08. The zero-order valence-corrected chi connectivity index (χ0v) is 16.5. The molecule has 0 aliphatic heterocycles. The number of amides is 1. The average molecular weight is 401 g/mol. The van der Waals surface area contributed by atoms with Gasteiger partial charge < -0.3 is 14.2 Å². The summed E-state index contributed by atoms with van der Waals surface area (Å²) >= 11 is 6.25. The summed E-state index contributed by atoms with van der Waals surface area (Å²) in [5, 5.41) is 4.30. The van der Waals surface area contributed by atoms with Crippen LogP contribution in [0.5, 0.6) is 17.2 Å². The van der Waals surface area contributed by atoms with Crippen molar-refractivity contribution in [3.05, 3.63) is 52.5 Å². The van der Waals surface area contributed by atoms with E-state index in [-0.39, 0.29) is 12.5 Å². The molecule has 2 aromatic rings. The lowest BCUT2D eigenvalue weighted by Gasteiger charge is -2.12. The second-order valence-electron chi connectivity index (χ2n) is 5.41. The van der Waals surface area contributed by atoms with Crippen molar-refractivity contribution in [1.82, 2.24) is 5.43 Å². The number of halogens is 1. The molecule has 7 heteroatoms. The highest BCUT2D eigenvalue weighted by Crippen LogP contribution is 2.36. The molecule has 0 aromatic heterocycles. The number of carbonyl (C=O) groups excluding carboxylic acids is 1. The van der Waals surface area contributed by atoms with Crippen LogP contribution in [0.2, 0.25) is 5.02 Å². The van der Waals surface area contributed by atoms with E-state index in [0.717, 1.165) is 0 Å². The normalized spacial score (nSPS) is 10.4. The Morgan fingerprint density at radius 1 is 1.18 bits per heavy atom. The van der Waals surface area contributed by atoms with Gasteiger partial charge in [-0.2, -0.15) is 5.10 Å². The number of terminal acetylenes is 1. The first-order valence-electron chi connectivity index (χ1n) is 8.67. The Labute approximate surface area is 169 Å². The third-order valence-electron chi connectivity index (χ3n) is 3.44. The number of rotatable bonds is 9. The maximum absolute atomic E-state index is 12.2. The topological polar surface area (TPSA) is 69.2 Å². The van der Waals surface area contributed by atoms with Gasteiger partial charge in [0.15, 0.2) is 11.5 Å². The number of hydrogen-bond acceptors (Lipinski definition) is 5. The van der Waals surface area contributed by atoms with Gasteiger partial charge in [-0.25, -0.2) is 5.43 Å². The van der Waals surface area contributed by atoms with Gasteiger partial charge in [-0.1, -0.05) is 17.5 Å². The zero-order valence-electron chi connectivity index (χ0n) is 15.7. The summed E-state index contributed by atoms with van der Waals surface area (Å²) in [5.41, 5.74) is 3.56. The summed E-state index contributed by atoms with van der Waals surface area (Å²) in [5.74, 6) is 3.56. The first-order chi connectivity index (χ1) is 13.6. The Kier molecular flexibility index (Phi) is 8.19. The van der Waals surface area contributed by atoms with Crippen molar-refractivity contribution in [2.45, 2.75) is 13.8 Å². The van der Waals surface area contributed by atoms with E-state index in [4.69, 9.17) is 32.2 Å². The number of benzene rings is 2. The highest BCUT2D eigenvalue weighted by atomic mass is 35.5. The highest BCUT2D eigenvalue weighted by molar-refractivity contribution is 6.32. The zero-order chi connectivity index (χ0) is 20.4. The van der Waals surface area contributed by atoms with Gasteiger partial charge in [0.05, 0.1) is 24.5 Å². The minimum atomic E-state index is -0.343. The number of nitrogens with one attached hydrogen (secondary N) is 1. The standard InChI is InChI=1S/C21H21ClN2O4/c1-4-11-28-20-18(22)12-15(13-19(20)27-6-3)14-23-24-21(25)16-7-9-17(10-8-16)26-5-2/h1,7-10,12-14H,5-6,11H2,2-3H3,(H,24,25)/b23-14+. The molecule has 2 rings (SSSR count). The predicted molar refractivity (Wildman–Crippen MR) is 110 cm³/mol. The van der Waals surface area contributed by atoms with E-state index in [1.807, 2.05) is 13.8 Å². The van der Waals surface area contributed by atoms with Crippen molar-refractivity contribution < 1.29 is 19.0 Å². The predicted octanol–water partition coefficient (Wildman–Crippen LogP) is 3.91. The molecule has 0 bridgehead atoms. The Bertz CT molecular complexity index is 873. The molecule has 1 N–H and O–H groups in total. The van der Waals surface area contributed by atoms with Gasteiger partial charge >= 0.3 is 0 Å². The van der Waals surface area contributed by atoms with Gasteiger partial charge in [0.1, 0.15) is 12.4 Å². The van der Waals surface area contributed by atoms with E-state index in [1.54, 1.807) is 36.4 Å². The number of hydrogen-bond donors (Lipinski definition) is 1. The molecular formula is C21H21ClN2O4. The average Bonchev–Trinajstić information content (AvgIpc) is 2.68. The molecule has 0 aliphatic rings. The molecule has 0 radical (unpaired) electrons. The third-order valence-corrected chi connectivity index (χ3v) is 3.72. The van der Waals surface area contributed by atoms with Crippen LogP contribution in [0.4, 0.5) is 0 Å². The van der Waals surface area contributed by atoms with E-state index in [0.29, 0.717) is 46.6 Å². The van der Waals surface area contributed by atoms with Crippen molar-refractivity contribution in [3.63, 3.8) is 0 Å². The van der Waals surface area contributed by atoms with Gasteiger partial charge in [-0.15, -0.1) is 6.42 Å². The fourth-order valence-electron chi connectivity index (χ4n) is 2.28. The van der Waals surface area contributed by atoms with Crippen LogP contribution in [0.15, 0.2) is 41.5 Å². The van der Waals surface area contributed by atoms with E-state index in [1.165, 1.54) is 6.21 Å². The van der Waals surface area contributed by atoms with Gasteiger partial charge in [0, 0.05) is 5.56 Å². The summed E-state index contributed by atoms with van der Waals surface area (Å²) < 4.78 is 16.3. The molecule has 0 spiro atoms. The summed E-state index contributed by atoms with van der Waals surface area (Å²) in [6, 6.07) is 10.1. The maximum atomic E-state index is 12.2. The maximum Gasteiger partial charge on any atom is 0.271 e. The second-order valence-corrected chi connectivity index (χ2v) is 5.82. The number of carbonyl (C=O) groups is 1. The van der Waals surface area contributed by atoms with Crippen molar-refractivity contribution in [1.29, 1.82) is 0 Å². The lowest BCUT2D eigenvalue weighted by atomic mass is 10.2. The Morgan fingerprint density at radius 2 is 1.89 bits per heavy atom. The molecule has 146 valence electrons. The van der Waals surface area contributed by atoms with Crippen LogP contribution in [-0.4, -0.2) is 31.9 Å². The SMILES string of the molecule is C#CCOc1c(Cl)cc(/C=N/NC(=O)c2ccc(OCC)cc2)cc1OCC. The highest BCUT2D eigenvalue weighted by Gasteiger charge is 2.12. The molecule has 0 atom stereocenters. The molecule has 0 unspecified atom stereocenters. The first kappa shape index (κ1) is 21.1. The number of nitrogens with zero attached hydrogens (tertiary/aromatic N) is 1. The number of hydrazone groups is 1. The fraction of sp³-hybridized carbons (Fsp3) is 0.238. The smallest absolute Gasteiger partial charge is 0.271 e. The quantitative estimate of drug-likeness (QED) is 0.393. The van der Waals surface area contributed by atoms with Crippen LogP contribution in [0.1, 0.15) is 29.8 Å². The van der Waals surface area contributed by atoms with Crippen LogP contribution < -0.4 is 19.6 Å². The van der Waals surface area contributed by atoms with E-state index < -0.39 is 0 Å². The van der Waals surface area contributed by atoms with Gasteiger partial charge in [0.25, 0.3) is 5.91 Å². The minimum Gasteiger partial charge on any atom is -0.494 e. The largest absolute Gasteiger partial charge is 0.494 e. The molecule has 0 saturated carbocycles. The van der Waals surface area contributed by atoms with Crippen LogP contribution >= 0.6 is 11.6 Å². The van der Waals surface area contributed by atoms with Crippen molar-refractivity contribution >= 4 is 23.7 Å². The monoisotopic (exact) mass is 400 g/mol. The molecule has 2 aromatic carbocycles. The molecule has 0 aliphatic carbocycles. The first-order valence-corrected chi connectivity index (χ1v) is 9.05. The summed E-state index contributed by atoms with van der Waals surface area (Å²) in [6.45, 7) is 4.81. The molecular weight excluding hydrogens is 380 g/mol. The van der Waals surface area contributed by atoms with E-state index in [2.05, 4.69) is 16.4 Å². The van der Waals surface area contributed by atoms with E-state index >= 15 is 0 Å². The van der Waals surface area contributed by atoms with Gasteiger partial charge in [0.2, 0.25) is 0 Å². The molecule has 0 saturated heterocycles. The molecule has 6 nitrogen and oxygen atoms in total. The lowest BCUT2D eigenvalue weighted by Crippen LogP contribution is -2.17. The van der Waals surface area contributed by atoms with Crippen LogP contribution in [-0.2, 0) is 0 Å². The molecule has 0 fully saturated rings. The van der Waals surface area contributed by atoms with Gasteiger partial charge in [-0.05, 0) is 55.8 Å². The van der Waals surface area contributed by atoms with Crippen LogP contribution in [0, 0.1) is 12.3 Å². The third kappa shape index (κ3) is 5.93.